The maximum absolute atomic E-state index is 12.2. The quantitative estimate of drug-likeness (QED) is 0.834. The van der Waals surface area contributed by atoms with Crippen LogP contribution >= 0.6 is 23.1 Å². The number of aromatic nitrogens is 1. The highest BCUT2D eigenvalue weighted by Gasteiger charge is 2.35. The molecule has 0 fully saturated rings. The Morgan fingerprint density at radius 3 is 2.75 bits per heavy atom. The predicted octanol–water partition coefficient (Wildman–Crippen LogP) is 3.34. The van der Waals surface area contributed by atoms with Gasteiger partial charge in [0.15, 0.2) is 5.01 Å². The van der Waals surface area contributed by atoms with Crippen LogP contribution in [0.15, 0.2) is 6.20 Å². The molecule has 16 heavy (non-hydrogen) atoms. The third-order valence-corrected chi connectivity index (χ3v) is 3.76. The van der Waals surface area contributed by atoms with Crippen LogP contribution in [0, 0.1) is 0 Å². The van der Waals surface area contributed by atoms with E-state index in [0.717, 1.165) is 18.4 Å². The van der Waals surface area contributed by atoms with Gasteiger partial charge in [-0.05, 0) is 24.9 Å². The molecule has 1 unspecified atom stereocenters. The van der Waals surface area contributed by atoms with Crippen LogP contribution in [0.25, 0.3) is 0 Å². The van der Waals surface area contributed by atoms with Gasteiger partial charge in [0, 0.05) is 6.20 Å². The van der Waals surface area contributed by atoms with Gasteiger partial charge in [0.1, 0.15) is 0 Å². The van der Waals surface area contributed by atoms with Gasteiger partial charge in [0.25, 0.3) is 0 Å². The highest BCUT2D eigenvalue weighted by molar-refractivity contribution is 7.98. The lowest BCUT2D eigenvalue weighted by Crippen LogP contribution is -2.03. The Balaban J connectivity index is 2.56. The number of alkyl halides is 3. The largest absolute Gasteiger partial charge is 0.443 e. The Morgan fingerprint density at radius 2 is 2.25 bits per heavy atom. The van der Waals surface area contributed by atoms with Crippen molar-refractivity contribution in [2.75, 3.05) is 12.0 Å². The van der Waals surface area contributed by atoms with Crippen LogP contribution in [0.1, 0.15) is 28.8 Å². The molecule has 0 aliphatic heterocycles. The summed E-state index contributed by atoms with van der Waals surface area (Å²) in [5.41, 5.74) is 0. The van der Waals surface area contributed by atoms with Crippen molar-refractivity contribution >= 4 is 23.1 Å². The molecule has 1 atom stereocenters. The van der Waals surface area contributed by atoms with E-state index in [4.69, 9.17) is 0 Å². The Hall–Kier alpha value is -0.270. The fourth-order valence-corrected chi connectivity index (χ4v) is 2.39. The number of halogens is 3. The first-order valence-corrected chi connectivity index (χ1v) is 6.86. The van der Waals surface area contributed by atoms with Crippen LogP contribution in [0.2, 0.25) is 0 Å². The van der Waals surface area contributed by atoms with E-state index in [0.29, 0.717) is 17.8 Å². The van der Waals surface area contributed by atoms with Gasteiger partial charge in [-0.25, -0.2) is 4.98 Å². The number of rotatable bonds is 5. The van der Waals surface area contributed by atoms with E-state index in [9.17, 15) is 18.3 Å². The monoisotopic (exact) mass is 271 g/mol. The van der Waals surface area contributed by atoms with Gasteiger partial charge in [-0.2, -0.15) is 24.9 Å². The third kappa shape index (κ3) is 3.95. The lowest BCUT2D eigenvalue weighted by Gasteiger charge is -2.06. The number of hydrogen-bond donors (Lipinski definition) is 1. The van der Waals surface area contributed by atoms with Gasteiger partial charge < -0.3 is 5.11 Å². The standard InChI is InChI=1S/C9H12F3NOS2/c1-15-4-2-3-6(14)7-5-13-8(16-7)9(10,11)12/h5-6,14H,2-4H2,1H3. The summed E-state index contributed by atoms with van der Waals surface area (Å²) in [6.45, 7) is 0. The normalized spacial score (nSPS) is 14.1. The van der Waals surface area contributed by atoms with Crippen LogP contribution in [0.3, 0.4) is 0 Å². The van der Waals surface area contributed by atoms with E-state index < -0.39 is 17.3 Å². The van der Waals surface area contributed by atoms with Gasteiger partial charge >= 0.3 is 6.18 Å². The Bertz CT molecular complexity index is 327. The van der Waals surface area contributed by atoms with Gasteiger partial charge in [-0.1, -0.05) is 0 Å². The van der Waals surface area contributed by atoms with Crippen LogP contribution in [0.4, 0.5) is 13.2 Å². The molecule has 1 heterocycles. The number of thiazole rings is 1. The molecule has 1 aromatic heterocycles. The summed E-state index contributed by atoms with van der Waals surface area (Å²) < 4.78 is 36.7. The molecule has 1 aromatic rings. The zero-order chi connectivity index (χ0) is 12.2. The first-order valence-electron chi connectivity index (χ1n) is 4.65. The summed E-state index contributed by atoms with van der Waals surface area (Å²) in [5.74, 6) is 0.891. The second-order valence-corrected chi connectivity index (χ2v) is 5.26. The average molecular weight is 271 g/mol. The summed E-state index contributed by atoms with van der Waals surface area (Å²) >= 11 is 2.16. The van der Waals surface area contributed by atoms with E-state index in [1.54, 1.807) is 11.8 Å². The highest BCUT2D eigenvalue weighted by atomic mass is 32.2. The van der Waals surface area contributed by atoms with Crippen molar-refractivity contribution in [3.63, 3.8) is 0 Å². The smallest absolute Gasteiger partial charge is 0.388 e. The fraction of sp³-hybridized carbons (Fsp3) is 0.667. The molecule has 7 heteroatoms. The van der Waals surface area contributed by atoms with Gasteiger partial charge in [-0.15, -0.1) is 11.3 Å². The van der Waals surface area contributed by atoms with E-state index in [2.05, 4.69) is 4.98 Å². The van der Waals surface area contributed by atoms with Crippen molar-refractivity contribution in [1.29, 1.82) is 0 Å². The van der Waals surface area contributed by atoms with Crippen molar-refractivity contribution in [2.45, 2.75) is 25.1 Å². The van der Waals surface area contributed by atoms with Crippen molar-refractivity contribution in [3.05, 3.63) is 16.1 Å². The molecule has 0 radical (unpaired) electrons. The maximum Gasteiger partial charge on any atom is 0.443 e. The third-order valence-electron chi connectivity index (χ3n) is 1.92. The summed E-state index contributed by atoms with van der Waals surface area (Å²) in [7, 11) is 0. The molecule has 0 spiro atoms. The molecule has 92 valence electrons. The summed E-state index contributed by atoms with van der Waals surface area (Å²) in [5, 5.41) is 8.72. The topological polar surface area (TPSA) is 33.1 Å². The molecule has 0 aliphatic rings. The molecule has 0 aromatic carbocycles. The van der Waals surface area contributed by atoms with Gasteiger partial charge in [0.05, 0.1) is 11.0 Å². The van der Waals surface area contributed by atoms with Crippen LogP contribution < -0.4 is 0 Å². The Kier molecular flexibility index (Phi) is 5.07. The fourth-order valence-electron chi connectivity index (χ4n) is 1.13. The molecular formula is C9H12F3NOS2. The minimum atomic E-state index is -4.41. The second-order valence-electron chi connectivity index (χ2n) is 3.22. The molecule has 0 saturated heterocycles. The van der Waals surface area contributed by atoms with Crippen molar-refractivity contribution in [3.8, 4) is 0 Å². The second kappa shape index (κ2) is 5.88. The Labute approximate surface area is 99.9 Å². The number of thioether (sulfide) groups is 1. The minimum absolute atomic E-state index is 0.286. The number of aliphatic hydroxyl groups excluding tert-OH is 1. The molecule has 0 bridgehead atoms. The average Bonchev–Trinajstić information content (AvgIpc) is 2.66. The van der Waals surface area contributed by atoms with E-state index >= 15 is 0 Å². The lowest BCUT2D eigenvalue weighted by molar-refractivity contribution is -0.137. The molecule has 0 aliphatic carbocycles. The van der Waals surface area contributed by atoms with Crippen LogP contribution in [0.5, 0.6) is 0 Å². The zero-order valence-corrected chi connectivity index (χ0v) is 10.3. The van der Waals surface area contributed by atoms with Crippen molar-refractivity contribution in [1.82, 2.24) is 4.98 Å². The molecule has 1 N–H and O–H groups in total. The summed E-state index contributed by atoms with van der Waals surface area (Å²) in [6.07, 6.45) is -0.942. The number of nitrogens with zero attached hydrogens (tertiary/aromatic N) is 1. The van der Waals surface area contributed by atoms with Crippen molar-refractivity contribution < 1.29 is 18.3 Å². The van der Waals surface area contributed by atoms with E-state index in [1.807, 2.05) is 6.26 Å². The molecular weight excluding hydrogens is 259 g/mol. The molecule has 1 rings (SSSR count). The van der Waals surface area contributed by atoms with E-state index in [-0.39, 0.29) is 4.88 Å². The summed E-state index contributed by atoms with van der Waals surface area (Å²) in [6, 6.07) is 0. The first-order chi connectivity index (χ1) is 7.45. The summed E-state index contributed by atoms with van der Waals surface area (Å²) in [4.78, 5) is 3.55. The molecule has 0 amide bonds. The number of hydrogen-bond acceptors (Lipinski definition) is 4. The SMILES string of the molecule is CSCCCC(O)c1cnc(C(F)(F)F)s1. The Morgan fingerprint density at radius 1 is 1.56 bits per heavy atom. The van der Waals surface area contributed by atoms with Crippen LogP contribution in [-0.2, 0) is 6.18 Å². The van der Waals surface area contributed by atoms with Crippen molar-refractivity contribution in [2.24, 2.45) is 0 Å². The lowest BCUT2D eigenvalue weighted by atomic mass is 10.2. The van der Waals surface area contributed by atoms with Gasteiger partial charge in [-0.3, -0.25) is 0 Å². The maximum atomic E-state index is 12.2. The van der Waals surface area contributed by atoms with Crippen LogP contribution in [-0.4, -0.2) is 22.1 Å². The zero-order valence-electron chi connectivity index (χ0n) is 8.62. The predicted molar refractivity (Wildman–Crippen MR) is 59.7 cm³/mol. The first kappa shape index (κ1) is 13.8. The minimum Gasteiger partial charge on any atom is -0.388 e. The van der Waals surface area contributed by atoms with E-state index in [1.165, 1.54) is 0 Å². The molecule has 2 nitrogen and oxygen atoms in total. The molecule has 0 saturated carbocycles. The van der Waals surface area contributed by atoms with Gasteiger partial charge in [0.2, 0.25) is 0 Å². The highest BCUT2D eigenvalue weighted by Crippen LogP contribution is 2.35. The number of aliphatic hydroxyl groups is 1.